The summed E-state index contributed by atoms with van der Waals surface area (Å²) < 4.78 is 29.8. The number of carbonyl (C=O) groups excluding carboxylic acids is 2. The molecule has 0 bridgehead atoms. The zero-order valence-corrected chi connectivity index (χ0v) is 15.3. The number of esters is 1. The second-order valence-electron chi connectivity index (χ2n) is 6.24. The van der Waals surface area contributed by atoms with Gasteiger partial charge in [0.05, 0.1) is 18.2 Å². The van der Waals surface area contributed by atoms with E-state index in [1.807, 2.05) is 6.07 Å². The standard InChI is InChI=1S/C23H15FO5/c1-27-15-6-4-5-14(11-15)12-21-22(25)18-10-9-16(13-20(18)29-21)28-23(26)17-7-2-3-8-19(17)24/h2-13H,1H3/b21-12-. The van der Waals surface area contributed by atoms with Crippen molar-refractivity contribution in [2.24, 2.45) is 0 Å². The van der Waals surface area contributed by atoms with Crippen molar-refractivity contribution >= 4 is 17.8 Å². The van der Waals surface area contributed by atoms with Gasteiger partial charge in [0.15, 0.2) is 5.76 Å². The number of carbonyl (C=O) groups is 2. The average molecular weight is 390 g/mol. The highest BCUT2D eigenvalue weighted by Gasteiger charge is 2.28. The molecule has 0 atom stereocenters. The Morgan fingerprint density at radius 3 is 2.62 bits per heavy atom. The van der Waals surface area contributed by atoms with E-state index in [2.05, 4.69) is 0 Å². The Kier molecular flexibility index (Phi) is 4.83. The molecule has 1 aliphatic heterocycles. The molecule has 3 aromatic carbocycles. The number of fused-ring (bicyclic) bond motifs is 1. The topological polar surface area (TPSA) is 61.8 Å². The SMILES string of the molecule is COc1cccc(/C=C2\Oc3cc(OC(=O)c4ccccc4F)ccc3C2=O)c1. The second kappa shape index (κ2) is 7.59. The van der Waals surface area contributed by atoms with Crippen molar-refractivity contribution in [3.05, 3.63) is 95.0 Å². The van der Waals surface area contributed by atoms with Gasteiger partial charge in [0.25, 0.3) is 0 Å². The summed E-state index contributed by atoms with van der Waals surface area (Å²) in [6.07, 6.45) is 1.61. The van der Waals surface area contributed by atoms with Crippen molar-refractivity contribution in [2.75, 3.05) is 7.11 Å². The summed E-state index contributed by atoms with van der Waals surface area (Å²) in [4.78, 5) is 24.7. The first-order valence-electron chi connectivity index (χ1n) is 8.74. The van der Waals surface area contributed by atoms with Crippen molar-refractivity contribution in [1.29, 1.82) is 0 Å². The Morgan fingerprint density at radius 1 is 1.00 bits per heavy atom. The van der Waals surface area contributed by atoms with E-state index in [4.69, 9.17) is 14.2 Å². The molecule has 0 N–H and O–H groups in total. The van der Waals surface area contributed by atoms with Crippen LogP contribution in [0.5, 0.6) is 17.2 Å². The number of hydrogen-bond acceptors (Lipinski definition) is 5. The summed E-state index contributed by atoms with van der Waals surface area (Å²) in [5, 5.41) is 0. The highest BCUT2D eigenvalue weighted by molar-refractivity contribution is 6.14. The van der Waals surface area contributed by atoms with Crippen molar-refractivity contribution in [3.63, 3.8) is 0 Å². The summed E-state index contributed by atoms with van der Waals surface area (Å²) >= 11 is 0. The zero-order valence-electron chi connectivity index (χ0n) is 15.3. The van der Waals surface area contributed by atoms with Gasteiger partial charge in [-0.05, 0) is 48.0 Å². The molecule has 0 saturated heterocycles. The molecular weight excluding hydrogens is 375 g/mol. The molecule has 0 aliphatic carbocycles. The number of methoxy groups -OCH3 is 1. The van der Waals surface area contributed by atoms with Crippen LogP contribution in [0.25, 0.3) is 6.08 Å². The molecule has 0 fully saturated rings. The molecule has 3 aromatic rings. The third kappa shape index (κ3) is 3.73. The fourth-order valence-corrected chi connectivity index (χ4v) is 2.90. The highest BCUT2D eigenvalue weighted by atomic mass is 19.1. The normalized spacial score (nSPS) is 13.7. The number of rotatable bonds is 4. The summed E-state index contributed by atoms with van der Waals surface area (Å²) in [5.74, 6) is -0.575. The summed E-state index contributed by atoms with van der Waals surface area (Å²) in [6, 6.07) is 17.1. The predicted molar refractivity (Wildman–Crippen MR) is 104 cm³/mol. The molecule has 1 heterocycles. The molecule has 29 heavy (non-hydrogen) atoms. The van der Waals surface area contributed by atoms with Crippen LogP contribution in [0.4, 0.5) is 4.39 Å². The van der Waals surface area contributed by atoms with Gasteiger partial charge in [0.2, 0.25) is 5.78 Å². The number of halogens is 1. The molecule has 0 amide bonds. The van der Waals surface area contributed by atoms with E-state index in [9.17, 15) is 14.0 Å². The van der Waals surface area contributed by atoms with Crippen molar-refractivity contribution in [2.45, 2.75) is 0 Å². The highest BCUT2D eigenvalue weighted by Crippen LogP contribution is 2.35. The minimum Gasteiger partial charge on any atom is -0.497 e. The van der Waals surface area contributed by atoms with Crippen LogP contribution in [-0.2, 0) is 0 Å². The number of allylic oxidation sites excluding steroid dienone is 1. The lowest BCUT2D eigenvalue weighted by Crippen LogP contribution is -2.10. The van der Waals surface area contributed by atoms with E-state index in [0.717, 1.165) is 5.56 Å². The van der Waals surface area contributed by atoms with E-state index in [1.165, 1.54) is 36.4 Å². The van der Waals surface area contributed by atoms with Crippen molar-refractivity contribution < 1.29 is 28.2 Å². The molecule has 0 aromatic heterocycles. The number of Topliss-reactive ketones (excluding diaryl/α,β-unsaturated/α-hetero) is 1. The third-order valence-corrected chi connectivity index (χ3v) is 4.34. The Bertz CT molecular complexity index is 1150. The number of hydrogen-bond donors (Lipinski definition) is 0. The van der Waals surface area contributed by atoms with Gasteiger partial charge >= 0.3 is 5.97 Å². The molecule has 0 spiro atoms. The monoisotopic (exact) mass is 390 g/mol. The second-order valence-corrected chi connectivity index (χ2v) is 6.24. The molecular formula is C23H15FO5. The van der Waals surface area contributed by atoms with Crippen LogP contribution >= 0.6 is 0 Å². The summed E-state index contributed by atoms with van der Waals surface area (Å²) in [6.45, 7) is 0. The van der Waals surface area contributed by atoms with E-state index >= 15 is 0 Å². The van der Waals surface area contributed by atoms with E-state index in [-0.39, 0.29) is 28.6 Å². The van der Waals surface area contributed by atoms with Gasteiger partial charge < -0.3 is 14.2 Å². The maximum Gasteiger partial charge on any atom is 0.346 e. The molecule has 0 saturated carbocycles. The van der Waals surface area contributed by atoms with Crippen LogP contribution in [0.3, 0.4) is 0 Å². The lowest BCUT2D eigenvalue weighted by Gasteiger charge is -2.06. The summed E-state index contributed by atoms with van der Waals surface area (Å²) in [7, 11) is 1.56. The van der Waals surface area contributed by atoms with Gasteiger partial charge in [-0.2, -0.15) is 0 Å². The number of benzene rings is 3. The van der Waals surface area contributed by atoms with E-state index in [1.54, 1.807) is 37.5 Å². The number of ether oxygens (including phenoxy) is 3. The van der Waals surface area contributed by atoms with Gasteiger partial charge in [-0.15, -0.1) is 0 Å². The van der Waals surface area contributed by atoms with Crippen LogP contribution < -0.4 is 14.2 Å². The van der Waals surface area contributed by atoms with Crippen LogP contribution in [0, 0.1) is 5.82 Å². The fourth-order valence-electron chi connectivity index (χ4n) is 2.90. The first-order valence-corrected chi connectivity index (χ1v) is 8.74. The van der Waals surface area contributed by atoms with Gasteiger partial charge in [-0.1, -0.05) is 24.3 Å². The van der Waals surface area contributed by atoms with Gasteiger partial charge in [-0.25, -0.2) is 9.18 Å². The molecule has 0 radical (unpaired) electrons. The van der Waals surface area contributed by atoms with Crippen molar-refractivity contribution in [3.8, 4) is 17.2 Å². The minimum absolute atomic E-state index is 0.144. The average Bonchev–Trinajstić information content (AvgIpc) is 3.03. The summed E-state index contributed by atoms with van der Waals surface area (Å²) in [5.41, 5.74) is 0.917. The largest absolute Gasteiger partial charge is 0.497 e. The number of ketones is 1. The Labute approximate surface area is 166 Å². The maximum absolute atomic E-state index is 13.7. The van der Waals surface area contributed by atoms with Crippen LogP contribution in [0.15, 0.2) is 72.5 Å². The van der Waals surface area contributed by atoms with Crippen molar-refractivity contribution in [1.82, 2.24) is 0 Å². The Hall–Kier alpha value is -3.93. The molecule has 4 rings (SSSR count). The van der Waals surface area contributed by atoms with E-state index in [0.29, 0.717) is 11.3 Å². The van der Waals surface area contributed by atoms with Gasteiger partial charge in [-0.3, -0.25) is 4.79 Å². The van der Waals surface area contributed by atoms with Gasteiger partial charge in [0, 0.05) is 6.07 Å². The Morgan fingerprint density at radius 2 is 1.83 bits per heavy atom. The first-order chi connectivity index (χ1) is 14.0. The quantitative estimate of drug-likeness (QED) is 0.368. The van der Waals surface area contributed by atoms with E-state index < -0.39 is 11.8 Å². The smallest absolute Gasteiger partial charge is 0.346 e. The maximum atomic E-state index is 13.7. The molecule has 1 aliphatic rings. The fraction of sp³-hybridized carbons (Fsp3) is 0.0435. The molecule has 5 nitrogen and oxygen atoms in total. The third-order valence-electron chi connectivity index (χ3n) is 4.34. The first kappa shape index (κ1) is 18.4. The molecule has 6 heteroatoms. The molecule has 144 valence electrons. The minimum atomic E-state index is -0.834. The predicted octanol–water partition coefficient (Wildman–Crippen LogP) is 4.67. The zero-order chi connectivity index (χ0) is 20.4. The van der Waals surface area contributed by atoms with Crippen LogP contribution in [0.1, 0.15) is 26.3 Å². The van der Waals surface area contributed by atoms with Crippen LogP contribution in [-0.4, -0.2) is 18.9 Å². The molecule has 0 unspecified atom stereocenters. The van der Waals surface area contributed by atoms with Gasteiger partial charge in [0.1, 0.15) is 23.1 Å². The Balaban J connectivity index is 1.56. The lowest BCUT2D eigenvalue weighted by molar-refractivity contribution is 0.0729. The van der Waals surface area contributed by atoms with Crippen LogP contribution in [0.2, 0.25) is 0 Å². The lowest BCUT2D eigenvalue weighted by atomic mass is 10.1.